The average molecular weight is 243 g/mol. The monoisotopic (exact) mass is 243 g/mol. The van der Waals surface area contributed by atoms with Gasteiger partial charge in [-0.05, 0) is 26.4 Å². The van der Waals surface area contributed by atoms with E-state index in [0.29, 0.717) is 0 Å². The second kappa shape index (κ2) is 8.44. The second-order valence-electron chi connectivity index (χ2n) is 4.63. The van der Waals surface area contributed by atoms with E-state index in [4.69, 9.17) is 4.74 Å². The smallest absolute Gasteiger partial charge is 0.224 e. The van der Waals surface area contributed by atoms with Gasteiger partial charge in [0, 0.05) is 33.3 Å². The molecule has 0 spiro atoms. The minimum Gasteiger partial charge on any atom is -0.383 e. The highest BCUT2D eigenvalue weighted by molar-refractivity contribution is 5.78. The van der Waals surface area contributed by atoms with E-state index in [1.54, 1.807) is 7.11 Å². The van der Waals surface area contributed by atoms with Gasteiger partial charge in [-0.1, -0.05) is 0 Å². The highest BCUT2D eigenvalue weighted by Crippen LogP contribution is 2.09. The van der Waals surface area contributed by atoms with Crippen LogP contribution in [-0.4, -0.2) is 64.3 Å². The number of methoxy groups -OCH3 is 1. The molecule has 0 saturated carbocycles. The molecule has 1 rings (SSSR count). The molecular formula is C12H25N3O2. The van der Waals surface area contributed by atoms with Gasteiger partial charge in [-0.2, -0.15) is 0 Å². The van der Waals surface area contributed by atoms with E-state index < -0.39 is 0 Å². The minimum atomic E-state index is 0.160. The standard InChI is InChI=1S/C12H25N3O2/c1-15(8-9-17-2)7-6-14-12(16)11-4-3-5-13-10-11/h11,13H,3-10H2,1-2H3,(H,14,16)/t11-/m0/s1. The first-order valence-electron chi connectivity index (χ1n) is 6.40. The van der Waals surface area contributed by atoms with E-state index in [1.807, 2.05) is 7.05 Å². The van der Waals surface area contributed by atoms with Crippen LogP contribution in [-0.2, 0) is 9.53 Å². The first-order chi connectivity index (χ1) is 8.24. The lowest BCUT2D eigenvalue weighted by Gasteiger charge is -2.22. The minimum absolute atomic E-state index is 0.160. The van der Waals surface area contributed by atoms with E-state index in [1.165, 1.54) is 0 Å². The Bertz CT molecular complexity index is 218. The number of hydrogen-bond acceptors (Lipinski definition) is 4. The Morgan fingerprint density at radius 3 is 3.00 bits per heavy atom. The zero-order valence-corrected chi connectivity index (χ0v) is 11.0. The van der Waals surface area contributed by atoms with Crippen LogP contribution in [0.15, 0.2) is 0 Å². The van der Waals surface area contributed by atoms with Gasteiger partial charge in [0.05, 0.1) is 12.5 Å². The molecule has 1 amide bonds. The molecule has 0 aromatic heterocycles. The molecule has 1 heterocycles. The normalized spacial score (nSPS) is 20.5. The predicted octanol–water partition coefficient (Wildman–Crippen LogP) is -0.320. The third-order valence-corrected chi connectivity index (χ3v) is 3.14. The summed E-state index contributed by atoms with van der Waals surface area (Å²) >= 11 is 0. The van der Waals surface area contributed by atoms with Gasteiger partial charge in [0.2, 0.25) is 5.91 Å². The van der Waals surface area contributed by atoms with E-state index in [-0.39, 0.29) is 11.8 Å². The summed E-state index contributed by atoms with van der Waals surface area (Å²) < 4.78 is 5.00. The van der Waals surface area contributed by atoms with Crippen LogP contribution in [0.2, 0.25) is 0 Å². The molecule has 5 heteroatoms. The van der Waals surface area contributed by atoms with E-state index >= 15 is 0 Å². The molecule has 1 aliphatic heterocycles. The van der Waals surface area contributed by atoms with Gasteiger partial charge in [-0.15, -0.1) is 0 Å². The van der Waals surface area contributed by atoms with Crippen molar-refractivity contribution in [1.82, 2.24) is 15.5 Å². The fourth-order valence-electron chi connectivity index (χ4n) is 1.95. The predicted molar refractivity (Wildman–Crippen MR) is 68.0 cm³/mol. The van der Waals surface area contributed by atoms with Gasteiger partial charge in [0.25, 0.3) is 0 Å². The number of carbonyl (C=O) groups is 1. The molecule has 2 N–H and O–H groups in total. The van der Waals surface area contributed by atoms with Gasteiger partial charge in [-0.3, -0.25) is 4.79 Å². The number of carbonyl (C=O) groups excluding carboxylic acids is 1. The highest BCUT2D eigenvalue weighted by atomic mass is 16.5. The quantitative estimate of drug-likeness (QED) is 0.643. The van der Waals surface area contributed by atoms with Crippen molar-refractivity contribution >= 4 is 5.91 Å². The van der Waals surface area contributed by atoms with Crippen molar-refractivity contribution in [3.05, 3.63) is 0 Å². The summed E-state index contributed by atoms with van der Waals surface area (Å²) in [6, 6.07) is 0. The summed E-state index contributed by atoms with van der Waals surface area (Å²) in [6.07, 6.45) is 2.12. The lowest BCUT2D eigenvalue weighted by molar-refractivity contribution is -0.125. The van der Waals surface area contributed by atoms with Crippen LogP contribution >= 0.6 is 0 Å². The van der Waals surface area contributed by atoms with E-state index in [2.05, 4.69) is 15.5 Å². The molecule has 1 saturated heterocycles. The Kier molecular flexibility index (Phi) is 7.16. The fraction of sp³-hybridized carbons (Fsp3) is 0.917. The molecule has 1 atom stereocenters. The Hall–Kier alpha value is -0.650. The molecule has 0 radical (unpaired) electrons. The van der Waals surface area contributed by atoms with Crippen LogP contribution < -0.4 is 10.6 Å². The first kappa shape index (κ1) is 14.4. The van der Waals surface area contributed by atoms with Crippen molar-refractivity contribution in [2.75, 3.05) is 53.5 Å². The average Bonchev–Trinajstić information content (AvgIpc) is 2.37. The number of piperidine rings is 1. The number of hydrogen-bond donors (Lipinski definition) is 2. The van der Waals surface area contributed by atoms with Crippen molar-refractivity contribution < 1.29 is 9.53 Å². The lowest BCUT2D eigenvalue weighted by atomic mass is 9.99. The van der Waals surface area contributed by atoms with Crippen molar-refractivity contribution in [1.29, 1.82) is 0 Å². The highest BCUT2D eigenvalue weighted by Gasteiger charge is 2.20. The second-order valence-corrected chi connectivity index (χ2v) is 4.63. The van der Waals surface area contributed by atoms with Gasteiger partial charge in [0.15, 0.2) is 0 Å². The molecule has 5 nitrogen and oxygen atoms in total. The SMILES string of the molecule is COCCN(C)CCNC(=O)[C@H]1CCCNC1. The summed E-state index contributed by atoms with van der Waals surface area (Å²) in [4.78, 5) is 14.0. The molecule has 0 aliphatic carbocycles. The lowest BCUT2D eigenvalue weighted by Crippen LogP contribution is -2.42. The Morgan fingerprint density at radius 2 is 2.35 bits per heavy atom. The number of rotatable bonds is 7. The zero-order chi connectivity index (χ0) is 12.5. The zero-order valence-electron chi connectivity index (χ0n) is 11.0. The summed E-state index contributed by atoms with van der Waals surface area (Å²) in [5.74, 6) is 0.352. The van der Waals surface area contributed by atoms with Crippen LogP contribution in [0.5, 0.6) is 0 Å². The summed E-state index contributed by atoms with van der Waals surface area (Å²) in [7, 11) is 3.74. The van der Waals surface area contributed by atoms with E-state index in [0.717, 1.165) is 52.2 Å². The maximum atomic E-state index is 11.8. The number of ether oxygens (including phenoxy) is 1. The Labute approximate surface area is 104 Å². The fourth-order valence-corrected chi connectivity index (χ4v) is 1.95. The molecule has 100 valence electrons. The van der Waals surface area contributed by atoms with Crippen LogP contribution in [0.3, 0.4) is 0 Å². The molecule has 17 heavy (non-hydrogen) atoms. The van der Waals surface area contributed by atoms with Crippen LogP contribution in [0, 0.1) is 5.92 Å². The molecule has 1 aliphatic rings. The number of nitrogens with zero attached hydrogens (tertiary/aromatic N) is 1. The number of amides is 1. The topological polar surface area (TPSA) is 53.6 Å². The molecule has 0 bridgehead atoms. The molecule has 0 unspecified atom stereocenters. The van der Waals surface area contributed by atoms with Gasteiger partial charge >= 0.3 is 0 Å². The molecule has 1 fully saturated rings. The van der Waals surface area contributed by atoms with Crippen molar-refractivity contribution in [2.24, 2.45) is 5.92 Å². The first-order valence-corrected chi connectivity index (χ1v) is 6.40. The molecular weight excluding hydrogens is 218 g/mol. The Morgan fingerprint density at radius 1 is 1.53 bits per heavy atom. The number of nitrogens with one attached hydrogen (secondary N) is 2. The Balaban J connectivity index is 2.06. The van der Waals surface area contributed by atoms with Crippen molar-refractivity contribution in [2.45, 2.75) is 12.8 Å². The van der Waals surface area contributed by atoms with Gasteiger partial charge in [0.1, 0.15) is 0 Å². The van der Waals surface area contributed by atoms with Gasteiger partial charge < -0.3 is 20.3 Å². The maximum Gasteiger partial charge on any atom is 0.224 e. The molecule has 0 aromatic carbocycles. The van der Waals surface area contributed by atoms with Crippen LogP contribution in [0.1, 0.15) is 12.8 Å². The van der Waals surface area contributed by atoms with Crippen molar-refractivity contribution in [3.8, 4) is 0 Å². The molecule has 0 aromatic rings. The summed E-state index contributed by atoms with van der Waals surface area (Å²) in [5.41, 5.74) is 0. The number of likely N-dealkylation sites (N-methyl/N-ethyl adjacent to an activating group) is 1. The summed E-state index contributed by atoms with van der Waals surface area (Å²) in [5, 5.41) is 6.25. The van der Waals surface area contributed by atoms with E-state index in [9.17, 15) is 4.79 Å². The van der Waals surface area contributed by atoms with Crippen LogP contribution in [0.4, 0.5) is 0 Å². The summed E-state index contributed by atoms with van der Waals surface area (Å²) in [6.45, 7) is 5.09. The van der Waals surface area contributed by atoms with Gasteiger partial charge in [-0.25, -0.2) is 0 Å². The largest absolute Gasteiger partial charge is 0.383 e. The third-order valence-electron chi connectivity index (χ3n) is 3.14. The maximum absolute atomic E-state index is 11.8. The third kappa shape index (κ3) is 6.00. The van der Waals surface area contributed by atoms with Crippen molar-refractivity contribution in [3.63, 3.8) is 0 Å². The van der Waals surface area contributed by atoms with Crippen LogP contribution in [0.25, 0.3) is 0 Å².